The number of nitrogens with zero attached hydrogens (tertiary/aromatic N) is 2. The number of nitriles is 1. The van der Waals surface area contributed by atoms with Crippen molar-refractivity contribution in [2.24, 2.45) is 0 Å². The molecule has 110 valence electrons. The predicted octanol–water partition coefficient (Wildman–Crippen LogP) is 2.52. The number of anilines is 2. The number of hydrogen-bond donors (Lipinski definition) is 2. The summed E-state index contributed by atoms with van der Waals surface area (Å²) < 4.78 is 0. The lowest BCUT2D eigenvalue weighted by molar-refractivity contribution is -0.384. The number of non-ortho nitro benzene ring substituents is 1. The van der Waals surface area contributed by atoms with Crippen LogP contribution >= 0.6 is 0 Å². The van der Waals surface area contributed by atoms with Gasteiger partial charge in [-0.15, -0.1) is 0 Å². The number of nitro benzene ring substituents is 1. The molecule has 2 rings (SSSR count). The van der Waals surface area contributed by atoms with Gasteiger partial charge in [0.2, 0.25) is 5.91 Å². The van der Waals surface area contributed by atoms with Crippen LogP contribution < -0.4 is 10.6 Å². The van der Waals surface area contributed by atoms with Gasteiger partial charge >= 0.3 is 0 Å². The van der Waals surface area contributed by atoms with Crippen LogP contribution in [-0.4, -0.2) is 17.4 Å². The minimum absolute atomic E-state index is 0.0163. The van der Waals surface area contributed by atoms with Crippen molar-refractivity contribution in [2.75, 3.05) is 17.2 Å². The third-order valence-corrected chi connectivity index (χ3v) is 2.79. The Morgan fingerprint density at radius 3 is 2.64 bits per heavy atom. The number of amides is 1. The molecule has 22 heavy (non-hydrogen) atoms. The van der Waals surface area contributed by atoms with Gasteiger partial charge in [-0.25, -0.2) is 0 Å². The number of nitrogens with one attached hydrogen (secondary N) is 2. The summed E-state index contributed by atoms with van der Waals surface area (Å²) in [6, 6.07) is 14.4. The van der Waals surface area contributed by atoms with Crippen LogP contribution in [0.1, 0.15) is 5.56 Å². The number of carbonyl (C=O) groups is 1. The number of carbonyl (C=O) groups excluding carboxylic acids is 1. The molecule has 0 aliphatic carbocycles. The largest absolute Gasteiger partial charge is 0.376 e. The van der Waals surface area contributed by atoms with Crippen molar-refractivity contribution in [3.63, 3.8) is 0 Å². The Balaban J connectivity index is 1.94. The SMILES string of the molecule is N#Cc1cccc(NCC(=O)Nc2cccc([N+](=O)[O-])c2)c1. The zero-order chi connectivity index (χ0) is 15.9. The first-order chi connectivity index (χ1) is 10.6. The zero-order valence-corrected chi connectivity index (χ0v) is 11.4. The van der Waals surface area contributed by atoms with E-state index in [0.717, 1.165) is 0 Å². The molecule has 0 aromatic heterocycles. The molecule has 0 heterocycles. The van der Waals surface area contributed by atoms with Crippen LogP contribution in [0.2, 0.25) is 0 Å². The summed E-state index contributed by atoms with van der Waals surface area (Å²) in [7, 11) is 0. The van der Waals surface area contributed by atoms with E-state index in [4.69, 9.17) is 5.26 Å². The van der Waals surface area contributed by atoms with Crippen LogP contribution in [0.25, 0.3) is 0 Å². The highest BCUT2D eigenvalue weighted by Gasteiger charge is 2.08. The Bertz CT molecular complexity index is 752. The summed E-state index contributed by atoms with van der Waals surface area (Å²) in [4.78, 5) is 22.0. The third-order valence-electron chi connectivity index (χ3n) is 2.79. The highest BCUT2D eigenvalue weighted by molar-refractivity contribution is 5.94. The Morgan fingerprint density at radius 1 is 1.18 bits per heavy atom. The van der Waals surface area contributed by atoms with Gasteiger partial charge in [0.1, 0.15) is 0 Å². The minimum Gasteiger partial charge on any atom is -0.376 e. The molecule has 0 spiro atoms. The van der Waals surface area contributed by atoms with Crippen molar-refractivity contribution in [2.45, 2.75) is 0 Å². The normalized spacial score (nSPS) is 9.59. The molecule has 0 fully saturated rings. The van der Waals surface area contributed by atoms with Gasteiger partial charge in [0.25, 0.3) is 5.69 Å². The molecule has 2 N–H and O–H groups in total. The second-order valence-corrected chi connectivity index (χ2v) is 4.40. The first-order valence-electron chi connectivity index (χ1n) is 6.37. The Morgan fingerprint density at radius 2 is 1.91 bits per heavy atom. The van der Waals surface area contributed by atoms with Crippen LogP contribution in [-0.2, 0) is 4.79 Å². The van der Waals surface area contributed by atoms with Gasteiger partial charge in [-0.3, -0.25) is 14.9 Å². The average molecular weight is 296 g/mol. The molecule has 7 heteroatoms. The average Bonchev–Trinajstić information content (AvgIpc) is 2.53. The smallest absolute Gasteiger partial charge is 0.271 e. The lowest BCUT2D eigenvalue weighted by Crippen LogP contribution is -2.21. The van der Waals surface area contributed by atoms with E-state index in [9.17, 15) is 14.9 Å². The molecule has 0 unspecified atom stereocenters. The number of rotatable bonds is 5. The Labute approximate surface area is 126 Å². The van der Waals surface area contributed by atoms with Gasteiger partial charge in [-0.05, 0) is 24.3 Å². The minimum atomic E-state index is -0.526. The van der Waals surface area contributed by atoms with Gasteiger partial charge in [-0.2, -0.15) is 5.26 Å². The monoisotopic (exact) mass is 296 g/mol. The summed E-state index contributed by atoms with van der Waals surface area (Å²) in [6.45, 7) is -0.0163. The first-order valence-corrected chi connectivity index (χ1v) is 6.37. The summed E-state index contributed by atoms with van der Waals surface area (Å²) in [5, 5.41) is 24.9. The van der Waals surface area contributed by atoms with Crippen LogP contribution in [0.15, 0.2) is 48.5 Å². The van der Waals surface area contributed by atoms with E-state index in [2.05, 4.69) is 10.6 Å². The summed E-state index contributed by atoms with van der Waals surface area (Å²) in [5.74, 6) is -0.345. The van der Waals surface area contributed by atoms with Gasteiger partial charge in [-0.1, -0.05) is 12.1 Å². The highest BCUT2D eigenvalue weighted by atomic mass is 16.6. The highest BCUT2D eigenvalue weighted by Crippen LogP contribution is 2.17. The number of hydrogen-bond acceptors (Lipinski definition) is 5. The van der Waals surface area contributed by atoms with Crippen LogP contribution in [0.3, 0.4) is 0 Å². The second-order valence-electron chi connectivity index (χ2n) is 4.40. The molecule has 0 atom stereocenters. The maximum Gasteiger partial charge on any atom is 0.271 e. The van der Waals surface area contributed by atoms with Gasteiger partial charge in [0.15, 0.2) is 0 Å². The lowest BCUT2D eigenvalue weighted by Gasteiger charge is -2.08. The van der Waals surface area contributed by atoms with E-state index in [1.54, 1.807) is 30.3 Å². The third kappa shape index (κ3) is 4.05. The number of benzene rings is 2. The van der Waals surface area contributed by atoms with Crippen molar-refractivity contribution in [1.82, 2.24) is 0 Å². The molecule has 1 amide bonds. The molecule has 7 nitrogen and oxygen atoms in total. The van der Waals surface area contributed by atoms with Crippen molar-refractivity contribution in [3.05, 3.63) is 64.2 Å². The van der Waals surface area contributed by atoms with E-state index >= 15 is 0 Å². The van der Waals surface area contributed by atoms with E-state index < -0.39 is 4.92 Å². The van der Waals surface area contributed by atoms with Crippen molar-refractivity contribution < 1.29 is 9.72 Å². The Kier molecular flexibility index (Phi) is 4.67. The summed E-state index contributed by atoms with van der Waals surface area (Å²) >= 11 is 0. The molecule has 0 saturated heterocycles. The molecule has 2 aromatic rings. The van der Waals surface area contributed by atoms with Crippen molar-refractivity contribution >= 4 is 23.0 Å². The molecule has 0 bridgehead atoms. The molecule has 0 saturated carbocycles. The predicted molar refractivity (Wildman–Crippen MR) is 81.4 cm³/mol. The van der Waals surface area contributed by atoms with Crippen molar-refractivity contribution in [1.29, 1.82) is 5.26 Å². The summed E-state index contributed by atoms with van der Waals surface area (Å²) in [6.07, 6.45) is 0. The fourth-order valence-corrected chi connectivity index (χ4v) is 1.78. The molecule has 0 aliphatic rings. The fraction of sp³-hybridized carbons (Fsp3) is 0.0667. The molecular formula is C15H12N4O3. The van der Waals surface area contributed by atoms with Crippen LogP contribution in [0.5, 0.6) is 0 Å². The topological polar surface area (TPSA) is 108 Å². The fourth-order valence-electron chi connectivity index (χ4n) is 1.78. The maximum absolute atomic E-state index is 11.8. The van der Waals surface area contributed by atoms with E-state index in [1.807, 2.05) is 6.07 Å². The van der Waals surface area contributed by atoms with Crippen LogP contribution in [0, 0.1) is 21.4 Å². The summed E-state index contributed by atoms with van der Waals surface area (Å²) in [5.41, 5.74) is 1.40. The molecule has 0 radical (unpaired) electrons. The Hall–Kier alpha value is -3.40. The van der Waals surface area contributed by atoms with E-state index in [-0.39, 0.29) is 18.1 Å². The van der Waals surface area contributed by atoms with Crippen molar-refractivity contribution in [3.8, 4) is 6.07 Å². The zero-order valence-electron chi connectivity index (χ0n) is 11.4. The van der Waals surface area contributed by atoms with Gasteiger partial charge < -0.3 is 10.6 Å². The van der Waals surface area contributed by atoms with Gasteiger partial charge in [0, 0.05) is 23.5 Å². The molecular weight excluding hydrogens is 284 g/mol. The second kappa shape index (κ2) is 6.85. The van der Waals surface area contributed by atoms with E-state index in [0.29, 0.717) is 16.9 Å². The number of nitro groups is 1. The standard InChI is InChI=1S/C15H12N4O3/c16-9-11-3-1-4-12(7-11)17-10-15(20)18-13-5-2-6-14(8-13)19(21)22/h1-8,17H,10H2,(H,18,20). The first kappa shape index (κ1) is 15.0. The lowest BCUT2D eigenvalue weighted by atomic mass is 10.2. The maximum atomic E-state index is 11.8. The van der Waals surface area contributed by atoms with E-state index in [1.165, 1.54) is 18.2 Å². The van der Waals surface area contributed by atoms with Crippen LogP contribution in [0.4, 0.5) is 17.1 Å². The quantitative estimate of drug-likeness (QED) is 0.651. The van der Waals surface area contributed by atoms with Gasteiger partial charge in [0.05, 0.1) is 23.1 Å². The molecule has 2 aromatic carbocycles. The molecule has 0 aliphatic heterocycles.